The van der Waals surface area contributed by atoms with Crippen LogP contribution in [0.3, 0.4) is 0 Å². The average Bonchev–Trinajstić information content (AvgIpc) is 2.31. The van der Waals surface area contributed by atoms with Crippen molar-refractivity contribution in [3.8, 4) is 0 Å². The Morgan fingerprint density at radius 1 is 1.63 bits per heavy atom. The van der Waals surface area contributed by atoms with Crippen LogP contribution in [0.1, 0.15) is 24.7 Å². The van der Waals surface area contributed by atoms with Crippen LogP contribution < -0.4 is 0 Å². The molecule has 0 aliphatic heterocycles. The molecule has 1 aromatic heterocycles. The van der Waals surface area contributed by atoms with E-state index in [0.29, 0.717) is 0 Å². The van der Waals surface area contributed by atoms with Crippen molar-refractivity contribution >= 4 is 34.2 Å². The average molecular weight is 386 g/mol. The van der Waals surface area contributed by atoms with Crippen LogP contribution in [0.15, 0.2) is 6.07 Å². The number of ether oxygens (including phenoxy) is 1. The van der Waals surface area contributed by atoms with Crippen LogP contribution in [0, 0.1) is 13.7 Å². The van der Waals surface area contributed by atoms with Gasteiger partial charge < -0.3 is 4.74 Å². The lowest BCUT2D eigenvalue weighted by molar-refractivity contribution is -0.386. The summed E-state index contributed by atoms with van der Waals surface area (Å²) in [5.74, 6) is -0.623. The van der Waals surface area contributed by atoms with Gasteiger partial charge in [0.2, 0.25) is 0 Å². The number of hydrogen-bond acceptors (Lipinski definition) is 5. The number of nitrogens with zero attached hydrogens (tertiary/aromatic N) is 2. The number of nitro groups is 1. The van der Waals surface area contributed by atoms with Crippen molar-refractivity contribution in [1.29, 1.82) is 0 Å². The summed E-state index contributed by atoms with van der Waals surface area (Å²) >= 11 is 1.70. The van der Waals surface area contributed by atoms with Gasteiger partial charge in [-0.05, 0) is 29.5 Å². The summed E-state index contributed by atoms with van der Waals surface area (Å²) in [6.45, 7) is 1.76. The zero-order chi connectivity index (χ0) is 14.6. The van der Waals surface area contributed by atoms with Crippen LogP contribution in [0.25, 0.3) is 0 Å². The molecule has 0 atom stereocenters. The molecular weight excluding hydrogens is 377 g/mol. The van der Waals surface area contributed by atoms with E-state index in [1.807, 2.05) is 0 Å². The molecule has 1 aromatic rings. The number of halogens is 3. The number of aromatic nitrogens is 1. The predicted molar refractivity (Wildman–Crippen MR) is 68.9 cm³/mol. The van der Waals surface area contributed by atoms with Crippen molar-refractivity contribution in [2.75, 3.05) is 6.61 Å². The van der Waals surface area contributed by atoms with Crippen LogP contribution in [0.5, 0.6) is 0 Å². The van der Waals surface area contributed by atoms with E-state index in [9.17, 15) is 23.7 Å². The summed E-state index contributed by atoms with van der Waals surface area (Å²) < 4.78 is 30.3. The molecule has 0 radical (unpaired) electrons. The van der Waals surface area contributed by atoms with Gasteiger partial charge in [-0.25, -0.2) is 13.8 Å². The first-order valence-corrected chi connectivity index (χ1v) is 6.22. The van der Waals surface area contributed by atoms with Crippen molar-refractivity contribution < 1.29 is 23.2 Å². The molecule has 19 heavy (non-hydrogen) atoms. The van der Waals surface area contributed by atoms with Gasteiger partial charge in [-0.2, -0.15) is 0 Å². The second kappa shape index (κ2) is 6.68. The largest absolute Gasteiger partial charge is 0.466 e. The van der Waals surface area contributed by atoms with Gasteiger partial charge in [0, 0.05) is 9.64 Å². The second-order valence-electron chi connectivity index (χ2n) is 3.36. The van der Waals surface area contributed by atoms with E-state index in [-0.39, 0.29) is 22.3 Å². The van der Waals surface area contributed by atoms with Gasteiger partial charge in [0.25, 0.3) is 12.1 Å². The first-order valence-electron chi connectivity index (χ1n) is 5.14. The molecule has 104 valence electrons. The normalized spacial score (nSPS) is 10.6. The number of pyridine rings is 1. The highest BCUT2D eigenvalue weighted by molar-refractivity contribution is 14.1. The van der Waals surface area contributed by atoms with Crippen LogP contribution in [-0.2, 0) is 16.0 Å². The standard InChI is InChI=1S/C10H9F2IN2O4/c1-2-19-8(16)4-6-5(13)3-7(15(17)18)9(14-6)10(11)12/h3,10H,2,4H2,1H3. The Morgan fingerprint density at radius 3 is 2.74 bits per heavy atom. The van der Waals surface area contributed by atoms with Gasteiger partial charge >= 0.3 is 5.97 Å². The SMILES string of the molecule is CCOC(=O)Cc1nc(C(F)F)c([N+](=O)[O-])cc1I. The van der Waals surface area contributed by atoms with Crippen LogP contribution in [-0.4, -0.2) is 22.5 Å². The van der Waals surface area contributed by atoms with E-state index in [2.05, 4.69) is 9.72 Å². The Bertz CT molecular complexity index is 511. The molecule has 0 saturated carbocycles. The van der Waals surface area contributed by atoms with E-state index in [1.54, 1.807) is 29.5 Å². The first kappa shape index (κ1) is 15.7. The third-order valence-electron chi connectivity index (χ3n) is 2.08. The van der Waals surface area contributed by atoms with Gasteiger partial charge in [0.1, 0.15) is 0 Å². The van der Waals surface area contributed by atoms with Crippen molar-refractivity contribution in [2.45, 2.75) is 19.8 Å². The summed E-state index contributed by atoms with van der Waals surface area (Å²) in [4.78, 5) is 24.5. The molecule has 0 aliphatic carbocycles. The maximum absolute atomic E-state index is 12.7. The molecule has 0 aromatic carbocycles. The van der Waals surface area contributed by atoms with Crippen molar-refractivity contribution in [1.82, 2.24) is 4.98 Å². The van der Waals surface area contributed by atoms with Gasteiger partial charge in [-0.15, -0.1) is 0 Å². The fourth-order valence-electron chi connectivity index (χ4n) is 1.31. The molecule has 0 spiro atoms. The fourth-order valence-corrected chi connectivity index (χ4v) is 1.92. The molecule has 0 unspecified atom stereocenters. The molecule has 9 heteroatoms. The summed E-state index contributed by atoms with van der Waals surface area (Å²) in [5, 5.41) is 10.7. The van der Waals surface area contributed by atoms with Gasteiger partial charge in [-0.3, -0.25) is 14.9 Å². The minimum Gasteiger partial charge on any atom is -0.466 e. The highest BCUT2D eigenvalue weighted by Crippen LogP contribution is 2.29. The summed E-state index contributed by atoms with van der Waals surface area (Å²) in [7, 11) is 0. The highest BCUT2D eigenvalue weighted by Gasteiger charge is 2.26. The Hall–Kier alpha value is -1.39. The minimum absolute atomic E-state index is 0.0416. The molecule has 0 aliphatic rings. The van der Waals surface area contributed by atoms with Crippen LogP contribution in [0.2, 0.25) is 0 Å². The molecule has 0 N–H and O–H groups in total. The van der Waals surface area contributed by atoms with E-state index >= 15 is 0 Å². The van der Waals surface area contributed by atoms with Crippen LogP contribution in [0.4, 0.5) is 14.5 Å². The van der Waals surface area contributed by atoms with E-state index in [4.69, 9.17) is 0 Å². The molecule has 0 amide bonds. The number of carbonyl (C=O) groups is 1. The fraction of sp³-hybridized carbons (Fsp3) is 0.400. The van der Waals surface area contributed by atoms with Crippen molar-refractivity contribution in [3.63, 3.8) is 0 Å². The topological polar surface area (TPSA) is 82.3 Å². The zero-order valence-corrected chi connectivity index (χ0v) is 11.9. The number of carbonyl (C=O) groups excluding carboxylic acids is 1. The Balaban J connectivity index is 3.17. The lowest BCUT2D eigenvalue weighted by Gasteiger charge is -2.07. The molecule has 0 fully saturated rings. The van der Waals surface area contributed by atoms with Gasteiger partial charge in [0.05, 0.1) is 23.6 Å². The molecular formula is C10H9F2IN2O4. The summed E-state index contributed by atoms with van der Waals surface area (Å²) in [6.07, 6.45) is -3.39. The molecule has 0 bridgehead atoms. The maximum Gasteiger partial charge on any atom is 0.311 e. The maximum atomic E-state index is 12.7. The number of rotatable bonds is 5. The summed E-state index contributed by atoms with van der Waals surface area (Å²) in [5.41, 5.74) is -1.66. The van der Waals surface area contributed by atoms with E-state index < -0.39 is 28.7 Å². The lowest BCUT2D eigenvalue weighted by Crippen LogP contribution is -2.12. The first-order chi connectivity index (χ1) is 8.86. The minimum atomic E-state index is -3.08. The predicted octanol–water partition coefficient (Wildman–Crippen LogP) is 2.64. The summed E-state index contributed by atoms with van der Waals surface area (Å²) in [6, 6.07) is 0.976. The zero-order valence-electron chi connectivity index (χ0n) is 9.73. The quantitative estimate of drug-likeness (QED) is 0.336. The number of alkyl halides is 2. The van der Waals surface area contributed by atoms with E-state index in [1.165, 1.54) is 0 Å². The van der Waals surface area contributed by atoms with Crippen molar-refractivity contribution in [2.24, 2.45) is 0 Å². The third kappa shape index (κ3) is 4.04. The Morgan fingerprint density at radius 2 is 2.26 bits per heavy atom. The van der Waals surface area contributed by atoms with Crippen molar-refractivity contribution in [3.05, 3.63) is 31.1 Å². The van der Waals surface area contributed by atoms with E-state index in [0.717, 1.165) is 6.07 Å². The van der Waals surface area contributed by atoms with Crippen LogP contribution >= 0.6 is 22.6 Å². The Labute approximate surface area is 120 Å². The molecule has 1 heterocycles. The molecule has 6 nitrogen and oxygen atoms in total. The molecule has 0 saturated heterocycles. The number of esters is 1. The third-order valence-corrected chi connectivity index (χ3v) is 3.01. The Kier molecular flexibility index (Phi) is 5.51. The smallest absolute Gasteiger partial charge is 0.311 e. The lowest BCUT2D eigenvalue weighted by atomic mass is 10.2. The van der Waals surface area contributed by atoms with Gasteiger partial charge in [0.15, 0.2) is 5.69 Å². The highest BCUT2D eigenvalue weighted by atomic mass is 127. The second-order valence-corrected chi connectivity index (χ2v) is 4.52. The molecule has 1 rings (SSSR count). The number of hydrogen-bond donors (Lipinski definition) is 0. The monoisotopic (exact) mass is 386 g/mol. The van der Waals surface area contributed by atoms with Gasteiger partial charge in [-0.1, -0.05) is 0 Å².